The van der Waals surface area contributed by atoms with Crippen LogP contribution in [0.15, 0.2) is 54.8 Å². The molecule has 0 aromatic heterocycles. The summed E-state index contributed by atoms with van der Waals surface area (Å²) in [4.78, 5) is 0. The molecule has 1 aliphatic carbocycles. The molecule has 0 N–H and O–H groups in total. The van der Waals surface area contributed by atoms with Gasteiger partial charge in [0.25, 0.3) is 0 Å². The van der Waals surface area contributed by atoms with Crippen molar-refractivity contribution < 1.29 is 4.74 Å². The Kier molecular flexibility index (Phi) is 3.38. The van der Waals surface area contributed by atoms with Crippen molar-refractivity contribution >= 4 is 17.2 Å². The Balaban J connectivity index is 2.14. The molecule has 0 fully saturated rings. The average molecular weight is 297 g/mol. The van der Waals surface area contributed by atoms with Gasteiger partial charge in [-0.3, -0.25) is 0 Å². The molecule has 0 bridgehead atoms. The summed E-state index contributed by atoms with van der Waals surface area (Å²) < 4.78 is 5.54. The summed E-state index contributed by atoms with van der Waals surface area (Å²) in [7, 11) is 0. The van der Waals surface area contributed by atoms with E-state index in [0.29, 0.717) is 0 Å². The highest BCUT2D eigenvalue weighted by Crippen LogP contribution is 2.45. The van der Waals surface area contributed by atoms with Gasteiger partial charge in [-0.25, -0.2) is 0 Å². The number of ether oxygens (including phenoxy) is 1. The molecule has 1 aliphatic rings. The maximum atomic E-state index is 5.77. The molecule has 2 heteroatoms. The van der Waals surface area contributed by atoms with Crippen LogP contribution >= 0.6 is 11.6 Å². The summed E-state index contributed by atoms with van der Waals surface area (Å²) in [6, 6.07) is 12.7. The minimum atomic E-state index is -0.124. The number of rotatable bonds is 3. The number of fused-ring (bicyclic) bond motifs is 3. The van der Waals surface area contributed by atoms with Crippen LogP contribution in [0.5, 0.6) is 0 Å². The van der Waals surface area contributed by atoms with Crippen LogP contribution in [0.4, 0.5) is 0 Å². The third-order valence-electron chi connectivity index (χ3n) is 4.02. The zero-order valence-corrected chi connectivity index (χ0v) is 13.0. The van der Waals surface area contributed by atoms with E-state index in [2.05, 4.69) is 50.4 Å². The van der Waals surface area contributed by atoms with E-state index in [1.54, 1.807) is 0 Å². The first-order valence-electron chi connectivity index (χ1n) is 6.93. The van der Waals surface area contributed by atoms with Gasteiger partial charge in [0, 0.05) is 0 Å². The van der Waals surface area contributed by atoms with Crippen LogP contribution in [0, 0.1) is 6.92 Å². The van der Waals surface area contributed by atoms with E-state index in [1.807, 2.05) is 13.0 Å². The largest absolute Gasteiger partial charge is 0.476 e. The van der Waals surface area contributed by atoms with Gasteiger partial charge in [-0.05, 0) is 77.0 Å². The molecular formula is C19H17ClO. The smallest absolute Gasteiger partial charge is 0.180 e. The van der Waals surface area contributed by atoms with Gasteiger partial charge in [0.2, 0.25) is 0 Å². The lowest BCUT2D eigenvalue weighted by Crippen LogP contribution is -2.01. The topological polar surface area (TPSA) is 9.23 Å². The normalized spacial score (nSPS) is 13.6. The third kappa shape index (κ3) is 2.28. The van der Waals surface area contributed by atoms with E-state index in [-0.39, 0.29) is 11.3 Å². The number of aryl methyl sites for hydroxylation is 1. The van der Waals surface area contributed by atoms with Gasteiger partial charge in [-0.1, -0.05) is 36.9 Å². The molecule has 1 unspecified atom stereocenters. The molecular weight excluding hydrogens is 280 g/mol. The van der Waals surface area contributed by atoms with E-state index in [1.165, 1.54) is 27.8 Å². The Labute approximate surface area is 130 Å². The first-order chi connectivity index (χ1) is 9.99. The monoisotopic (exact) mass is 296 g/mol. The number of hydrogen-bond donors (Lipinski definition) is 0. The van der Waals surface area contributed by atoms with Crippen molar-refractivity contribution in [3.8, 4) is 11.1 Å². The summed E-state index contributed by atoms with van der Waals surface area (Å²) >= 11 is 5.77. The molecule has 0 saturated heterocycles. The summed E-state index contributed by atoms with van der Waals surface area (Å²) in [6.07, 6.45) is -0.124. The van der Waals surface area contributed by atoms with Gasteiger partial charge in [-0.15, -0.1) is 0 Å². The molecule has 21 heavy (non-hydrogen) atoms. The van der Waals surface area contributed by atoms with E-state index < -0.39 is 0 Å². The maximum absolute atomic E-state index is 5.77. The van der Waals surface area contributed by atoms with Crippen LogP contribution in [-0.4, -0.2) is 0 Å². The number of benzene rings is 2. The number of halogens is 1. The molecule has 0 heterocycles. The average Bonchev–Trinajstić information content (AvgIpc) is 2.71. The SMILES string of the molecule is C=C(Cl)OC(C)c1cc2c(cc1C)C(=C)c1ccccc1-2. The molecule has 0 amide bonds. The van der Waals surface area contributed by atoms with Crippen LogP contribution in [0.2, 0.25) is 0 Å². The fourth-order valence-electron chi connectivity index (χ4n) is 3.02. The van der Waals surface area contributed by atoms with Gasteiger partial charge in [0.1, 0.15) is 6.10 Å². The van der Waals surface area contributed by atoms with Crippen molar-refractivity contribution in [3.05, 3.63) is 77.0 Å². The maximum Gasteiger partial charge on any atom is 0.180 e. The Morgan fingerprint density at radius 3 is 2.43 bits per heavy atom. The van der Waals surface area contributed by atoms with Crippen LogP contribution in [0.1, 0.15) is 35.3 Å². The second-order valence-corrected chi connectivity index (χ2v) is 5.82. The predicted molar refractivity (Wildman–Crippen MR) is 89.2 cm³/mol. The summed E-state index contributed by atoms with van der Waals surface area (Å²) in [5.74, 6) is 0. The molecule has 1 atom stereocenters. The van der Waals surface area contributed by atoms with Crippen molar-refractivity contribution in [1.29, 1.82) is 0 Å². The Morgan fingerprint density at radius 2 is 1.76 bits per heavy atom. The summed E-state index contributed by atoms with van der Waals surface area (Å²) in [5, 5.41) is 0.215. The van der Waals surface area contributed by atoms with Gasteiger partial charge < -0.3 is 4.74 Å². The molecule has 3 rings (SSSR count). The van der Waals surface area contributed by atoms with Crippen molar-refractivity contribution in [2.75, 3.05) is 0 Å². The predicted octanol–water partition coefficient (Wildman–Crippen LogP) is 5.82. The molecule has 1 nitrogen and oxygen atoms in total. The fourth-order valence-corrected chi connectivity index (χ4v) is 3.15. The second kappa shape index (κ2) is 5.09. The first kappa shape index (κ1) is 14.0. The molecule has 0 radical (unpaired) electrons. The van der Waals surface area contributed by atoms with Gasteiger partial charge >= 0.3 is 0 Å². The quantitative estimate of drug-likeness (QED) is 0.553. The fraction of sp³-hybridized carbons (Fsp3) is 0.158. The van der Waals surface area contributed by atoms with Crippen LogP contribution in [0.3, 0.4) is 0 Å². The number of hydrogen-bond acceptors (Lipinski definition) is 1. The highest BCUT2D eigenvalue weighted by atomic mass is 35.5. The Bertz CT molecular complexity index is 758. The van der Waals surface area contributed by atoms with Crippen molar-refractivity contribution in [2.24, 2.45) is 0 Å². The van der Waals surface area contributed by atoms with Crippen LogP contribution in [-0.2, 0) is 4.74 Å². The molecule has 2 aromatic carbocycles. The van der Waals surface area contributed by atoms with Crippen molar-refractivity contribution in [1.82, 2.24) is 0 Å². The minimum absolute atomic E-state index is 0.124. The minimum Gasteiger partial charge on any atom is -0.476 e. The van der Waals surface area contributed by atoms with E-state index in [9.17, 15) is 0 Å². The highest BCUT2D eigenvalue weighted by Gasteiger charge is 2.24. The van der Waals surface area contributed by atoms with E-state index >= 15 is 0 Å². The summed E-state index contributed by atoms with van der Waals surface area (Å²) in [6.45, 7) is 11.9. The molecule has 0 saturated carbocycles. The highest BCUT2D eigenvalue weighted by molar-refractivity contribution is 6.27. The zero-order valence-electron chi connectivity index (χ0n) is 12.2. The zero-order chi connectivity index (χ0) is 15.1. The third-order valence-corrected chi connectivity index (χ3v) is 4.11. The molecule has 2 aromatic rings. The van der Waals surface area contributed by atoms with Crippen LogP contribution < -0.4 is 0 Å². The second-order valence-electron chi connectivity index (χ2n) is 5.39. The van der Waals surface area contributed by atoms with Gasteiger partial charge in [-0.2, -0.15) is 0 Å². The Hall–Kier alpha value is -1.99. The standard InChI is InChI=1S/C19H17ClO/c1-11-9-18-12(2)15-7-5-6-8-16(15)19(18)10-17(11)13(3)21-14(4)20/h5-10,13H,2,4H2,1,3H3. The molecule has 0 spiro atoms. The van der Waals surface area contributed by atoms with E-state index in [0.717, 1.165) is 11.1 Å². The molecule has 106 valence electrons. The van der Waals surface area contributed by atoms with E-state index in [4.69, 9.17) is 16.3 Å². The van der Waals surface area contributed by atoms with Crippen molar-refractivity contribution in [3.63, 3.8) is 0 Å². The summed E-state index contributed by atoms with van der Waals surface area (Å²) in [5.41, 5.74) is 8.25. The lowest BCUT2D eigenvalue weighted by Gasteiger charge is -2.17. The van der Waals surface area contributed by atoms with Gasteiger partial charge in [0.05, 0.1) is 0 Å². The molecule has 0 aliphatic heterocycles. The van der Waals surface area contributed by atoms with Crippen LogP contribution in [0.25, 0.3) is 16.7 Å². The van der Waals surface area contributed by atoms with Gasteiger partial charge in [0.15, 0.2) is 5.22 Å². The first-order valence-corrected chi connectivity index (χ1v) is 7.31. The lowest BCUT2D eigenvalue weighted by molar-refractivity contribution is 0.153. The lowest BCUT2D eigenvalue weighted by atomic mass is 9.95. The van der Waals surface area contributed by atoms with Crippen molar-refractivity contribution in [2.45, 2.75) is 20.0 Å². The Morgan fingerprint density at radius 1 is 1.10 bits per heavy atom.